The Morgan fingerprint density at radius 1 is 1.45 bits per heavy atom. The highest BCUT2D eigenvalue weighted by Crippen LogP contribution is 2.17. The van der Waals surface area contributed by atoms with Crippen molar-refractivity contribution in [3.05, 3.63) is 0 Å². The summed E-state index contributed by atoms with van der Waals surface area (Å²) in [5, 5.41) is 13.5. The number of piperidine rings is 1. The van der Waals surface area contributed by atoms with E-state index in [0.717, 1.165) is 19.4 Å². The second-order valence-electron chi connectivity index (χ2n) is 5.06. The third kappa shape index (κ3) is 5.54. The monoisotopic (exact) mass is 286 g/mol. The first-order valence-corrected chi connectivity index (χ1v) is 6.67. The van der Waals surface area contributed by atoms with Gasteiger partial charge >= 0.3 is 12.0 Å². The molecule has 114 valence electrons. The van der Waals surface area contributed by atoms with Crippen molar-refractivity contribution in [2.24, 2.45) is 11.7 Å². The SMILES string of the molecule is CC(C(=O)NC(N)=O)N1CCCC(CNCC(=O)O)C1. The number of rotatable bonds is 6. The summed E-state index contributed by atoms with van der Waals surface area (Å²) >= 11 is 0. The Kier molecular flexibility index (Phi) is 6.40. The number of amides is 3. The zero-order valence-corrected chi connectivity index (χ0v) is 11.6. The van der Waals surface area contributed by atoms with Gasteiger partial charge in [-0.15, -0.1) is 0 Å². The number of urea groups is 1. The molecular formula is C12H22N4O4. The second kappa shape index (κ2) is 7.81. The van der Waals surface area contributed by atoms with E-state index in [0.29, 0.717) is 19.0 Å². The Morgan fingerprint density at radius 3 is 2.75 bits per heavy atom. The van der Waals surface area contributed by atoms with Crippen molar-refractivity contribution in [3.63, 3.8) is 0 Å². The summed E-state index contributed by atoms with van der Waals surface area (Å²) in [6.45, 7) is 3.75. The third-order valence-corrected chi connectivity index (χ3v) is 3.43. The van der Waals surface area contributed by atoms with E-state index in [1.807, 2.05) is 4.90 Å². The molecule has 0 saturated carbocycles. The highest BCUT2D eigenvalue weighted by atomic mass is 16.4. The molecule has 1 heterocycles. The fourth-order valence-electron chi connectivity index (χ4n) is 2.39. The molecule has 0 aromatic carbocycles. The summed E-state index contributed by atoms with van der Waals surface area (Å²) in [5.41, 5.74) is 4.93. The number of imide groups is 1. The molecule has 0 aliphatic carbocycles. The number of nitrogens with one attached hydrogen (secondary N) is 2. The molecule has 5 N–H and O–H groups in total. The minimum atomic E-state index is -0.883. The molecule has 1 aliphatic rings. The number of hydrogen-bond acceptors (Lipinski definition) is 5. The van der Waals surface area contributed by atoms with Crippen LogP contribution < -0.4 is 16.4 Å². The molecule has 1 aliphatic heterocycles. The summed E-state index contributed by atoms with van der Waals surface area (Å²) in [6.07, 6.45) is 1.93. The molecule has 2 unspecified atom stereocenters. The first kappa shape index (κ1) is 16.4. The second-order valence-corrected chi connectivity index (χ2v) is 5.06. The summed E-state index contributed by atoms with van der Waals surface area (Å²) in [4.78, 5) is 34.8. The van der Waals surface area contributed by atoms with Gasteiger partial charge < -0.3 is 16.2 Å². The van der Waals surface area contributed by atoms with Gasteiger partial charge in [-0.05, 0) is 38.8 Å². The smallest absolute Gasteiger partial charge is 0.318 e. The summed E-state index contributed by atoms with van der Waals surface area (Å²) in [6, 6.07) is -1.27. The number of carbonyl (C=O) groups is 3. The van der Waals surface area contributed by atoms with E-state index in [1.54, 1.807) is 6.92 Å². The van der Waals surface area contributed by atoms with Crippen LogP contribution in [-0.2, 0) is 9.59 Å². The third-order valence-electron chi connectivity index (χ3n) is 3.43. The molecule has 1 saturated heterocycles. The van der Waals surface area contributed by atoms with E-state index in [2.05, 4.69) is 10.6 Å². The van der Waals surface area contributed by atoms with Crippen molar-refractivity contribution in [1.29, 1.82) is 0 Å². The van der Waals surface area contributed by atoms with Crippen molar-refractivity contribution < 1.29 is 19.5 Å². The number of carbonyl (C=O) groups excluding carboxylic acids is 2. The van der Waals surface area contributed by atoms with Crippen molar-refractivity contribution in [2.45, 2.75) is 25.8 Å². The number of carboxylic acids is 1. The van der Waals surface area contributed by atoms with E-state index in [1.165, 1.54) is 0 Å². The molecule has 0 spiro atoms. The molecule has 0 bridgehead atoms. The normalized spacial score (nSPS) is 21.1. The van der Waals surface area contributed by atoms with Crippen LogP contribution >= 0.6 is 0 Å². The minimum absolute atomic E-state index is 0.0613. The molecule has 3 amide bonds. The van der Waals surface area contributed by atoms with Crippen LogP contribution in [-0.4, -0.2) is 60.1 Å². The number of primary amides is 1. The highest BCUT2D eigenvalue weighted by Gasteiger charge is 2.27. The predicted octanol–water partition coefficient (Wildman–Crippen LogP) is -1.04. The largest absolute Gasteiger partial charge is 0.480 e. The number of nitrogens with zero attached hydrogens (tertiary/aromatic N) is 1. The number of hydrogen-bond donors (Lipinski definition) is 4. The maximum Gasteiger partial charge on any atom is 0.318 e. The van der Waals surface area contributed by atoms with Crippen LogP contribution in [0.4, 0.5) is 4.79 Å². The van der Waals surface area contributed by atoms with Gasteiger partial charge in [-0.25, -0.2) is 4.79 Å². The number of aliphatic carboxylic acids is 1. The van der Waals surface area contributed by atoms with Gasteiger partial charge in [0.2, 0.25) is 5.91 Å². The van der Waals surface area contributed by atoms with Gasteiger partial charge in [-0.3, -0.25) is 19.8 Å². The van der Waals surface area contributed by atoms with Crippen molar-refractivity contribution in [1.82, 2.24) is 15.5 Å². The molecule has 8 nitrogen and oxygen atoms in total. The first-order valence-electron chi connectivity index (χ1n) is 6.67. The Bertz CT molecular complexity index is 374. The molecule has 1 rings (SSSR count). The number of nitrogens with two attached hydrogens (primary N) is 1. The van der Waals surface area contributed by atoms with Crippen LogP contribution in [0.2, 0.25) is 0 Å². The Hall–Kier alpha value is -1.67. The molecular weight excluding hydrogens is 264 g/mol. The summed E-state index contributed by atoms with van der Waals surface area (Å²) < 4.78 is 0. The fraction of sp³-hybridized carbons (Fsp3) is 0.750. The molecule has 20 heavy (non-hydrogen) atoms. The van der Waals surface area contributed by atoms with E-state index in [9.17, 15) is 14.4 Å². The predicted molar refractivity (Wildman–Crippen MR) is 72.0 cm³/mol. The Morgan fingerprint density at radius 2 is 2.15 bits per heavy atom. The van der Waals surface area contributed by atoms with Crippen LogP contribution in [0.3, 0.4) is 0 Å². The molecule has 2 atom stereocenters. The minimum Gasteiger partial charge on any atom is -0.480 e. The van der Waals surface area contributed by atoms with E-state index in [4.69, 9.17) is 10.8 Å². The van der Waals surface area contributed by atoms with Gasteiger partial charge in [-0.2, -0.15) is 0 Å². The lowest BCUT2D eigenvalue weighted by atomic mass is 9.96. The van der Waals surface area contributed by atoms with Gasteiger partial charge in [0.1, 0.15) is 0 Å². The van der Waals surface area contributed by atoms with E-state index >= 15 is 0 Å². The molecule has 1 fully saturated rings. The quantitative estimate of drug-likeness (QED) is 0.494. The van der Waals surface area contributed by atoms with Gasteiger partial charge in [0.05, 0.1) is 12.6 Å². The average Bonchev–Trinajstić information content (AvgIpc) is 2.37. The average molecular weight is 286 g/mol. The van der Waals surface area contributed by atoms with Gasteiger partial charge in [0.25, 0.3) is 0 Å². The lowest BCUT2D eigenvalue weighted by molar-refractivity contribution is -0.136. The molecule has 0 aromatic heterocycles. The zero-order chi connectivity index (χ0) is 15.1. The van der Waals surface area contributed by atoms with Crippen molar-refractivity contribution in [2.75, 3.05) is 26.2 Å². The maximum atomic E-state index is 11.7. The van der Waals surface area contributed by atoms with E-state index in [-0.39, 0.29) is 6.54 Å². The Balaban J connectivity index is 2.41. The maximum absolute atomic E-state index is 11.7. The van der Waals surface area contributed by atoms with Crippen molar-refractivity contribution >= 4 is 17.9 Å². The van der Waals surface area contributed by atoms with Crippen LogP contribution in [0.5, 0.6) is 0 Å². The topological polar surface area (TPSA) is 125 Å². The first-order chi connectivity index (χ1) is 9.40. The lowest BCUT2D eigenvalue weighted by Crippen LogP contribution is -2.52. The van der Waals surface area contributed by atoms with Gasteiger partial charge in [0.15, 0.2) is 0 Å². The number of carboxylic acid groups (broad SMARTS) is 1. The molecule has 8 heteroatoms. The standard InChI is InChI=1S/C12H22N4O4/c1-8(11(19)15-12(13)20)16-4-2-3-9(7-16)5-14-6-10(17)18/h8-9,14H,2-7H2,1H3,(H,17,18)(H3,13,15,19,20). The van der Waals surface area contributed by atoms with Crippen LogP contribution in [0, 0.1) is 5.92 Å². The lowest BCUT2D eigenvalue weighted by Gasteiger charge is -2.36. The van der Waals surface area contributed by atoms with Gasteiger partial charge in [-0.1, -0.05) is 0 Å². The van der Waals surface area contributed by atoms with Crippen LogP contribution in [0.25, 0.3) is 0 Å². The summed E-state index contributed by atoms with van der Waals surface area (Å²) in [7, 11) is 0. The van der Waals surface area contributed by atoms with Gasteiger partial charge in [0, 0.05) is 6.54 Å². The van der Waals surface area contributed by atoms with Crippen LogP contribution in [0.1, 0.15) is 19.8 Å². The van der Waals surface area contributed by atoms with E-state index < -0.39 is 23.9 Å². The summed E-state index contributed by atoms with van der Waals surface area (Å²) in [5.74, 6) is -0.990. The molecule has 0 aromatic rings. The fourth-order valence-corrected chi connectivity index (χ4v) is 2.39. The van der Waals surface area contributed by atoms with Crippen molar-refractivity contribution in [3.8, 4) is 0 Å². The Labute approximate surface area is 117 Å². The highest BCUT2D eigenvalue weighted by molar-refractivity contribution is 5.96. The molecule has 0 radical (unpaired) electrons. The zero-order valence-electron chi connectivity index (χ0n) is 11.6. The van der Waals surface area contributed by atoms with Crippen LogP contribution in [0.15, 0.2) is 0 Å². The number of likely N-dealkylation sites (tertiary alicyclic amines) is 1.